The molecule has 0 atom stereocenters. The maximum atomic E-state index is 12.7. The number of nitrogens with one attached hydrogen (secondary N) is 1. The fraction of sp³-hybridized carbons (Fsp3) is 0.250. The molecule has 1 saturated heterocycles. The van der Waals surface area contributed by atoms with Crippen molar-refractivity contribution < 1.29 is 13.2 Å². The molecule has 1 N–H and O–H groups in total. The van der Waals surface area contributed by atoms with Gasteiger partial charge in [-0.2, -0.15) is 4.31 Å². The van der Waals surface area contributed by atoms with Gasteiger partial charge in [-0.1, -0.05) is 24.6 Å². The van der Waals surface area contributed by atoms with E-state index in [2.05, 4.69) is 5.32 Å². The van der Waals surface area contributed by atoms with Gasteiger partial charge in [-0.15, -0.1) is 11.3 Å². The number of fused-ring (bicyclic) bond motifs is 1. The number of nitrogens with zero attached hydrogens (tertiary/aromatic N) is 1. The molecule has 0 bridgehead atoms. The quantitative estimate of drug-likeness (QED) is 0.709. The predicted molar refractivity (Wildman–Crippen MR) is 109 cm³/mol. The van der Waals surface area contributed by atoms with Crippen molar-refractivity contribution in [1.29, 1.82) is 0 Å². The van der Waals surface area contributed by atoms with Crippen molar-refractivity contribution in [3.05, 3.63) is 59.5 Å². The van der Waals surface area contributed by atoms with Crippen molar-refractivity contribution in [2.75, 3.05) is 18.4 Å². The Hall–Kier alpha value is -2.22. The minimum Gasteiger partial charge on any atom is -0.322 e. The highest BCUT2D eigenvalue weighted by Gasteiger charge is 2.25. The summed E-state index contributed by atoms with van der Waals surface area (Å²) in [5, 5.41) is 5.62. The Labute approximate surface area is 162 Å². The van der Waals surface area contributed by atoms with Crippen LogP contribution in [0.1, 0.15) is 29.6 Å². The van der Waals surface area contributed by atoms with Crippen LogP contribution < -0.4 is 5.32 Å². The Kier molecular flexibility index (Phi) is 4.99. The number of hydrogen-bond acceptors (Lipinski definition) is 4. The summed E-state index contributed by atoms with van der Waals surface area (Å²) in [6.07, 6.45) is 2.89. The van der Waals surface area contributed by atoms with E-state index >= 15 is 0 Å². The number of thiophene rings is 1. The van der Waals surface area contributed by atoms with Crippen LogP contribution in [0.25, 0.3) is 10.1 Å². The van der Waals surface area contributed by atoms with Crippen LogP contribution >= 0.6 is 11.3 Å². The van der Waals surface area contributed by atoms with Crippen LogP contribution in [0.15, 0.2) is 58.8 Å². The first-order valence-electron chi connectivity index (χ1n) is 8.93. The zero-order valence-corrected chi connectivity index (χ0v) is 16.4. The van der Waals surface area contributed by atoms with Crippen molar-refractivity contribution in [1.82, 2.24) is 4.31 Å². The number of hydrogen-bond donors (Lipinski definition) is 1. The third-order valence-corrected chi connectivity index (χ3v) is 7.67. The Bertz CT molecular complexity index is 1070. The third-order valence-electron chi connectivity index (χ3n) is 4.79. The van der Waals surface area contributed by atoms with E-state index in [4.69, 9.17) is 0 Å². The van der Waals surface area contributed by atoms with Crippen LogP contribution in [-0.4, -0.2) is 31.7 Å². The van der Waals surface area contributed by atoms with Gasteiger partial charge >= 0.3 is 0 Å². The number of rotatable bonds is 4. The van der Waals surface area contributed by atoms with Crippen LogP contribution in [0, 0.1) is 0 Å². The van der Waals surface area contributed by atoms with E-state index in [1.807, 2.05) is 29.6 Å². The van der Waals surface area contributed by atoms with Crippen molar-refractivity contribution in [2.24, 2.45) is 0 Å². The number of benzene rings is 2. The van der Waals surface area contributed by atoms with Crippen molar-refractivity contribution in [3.8, 4) is 0 Å². The molecule has 0 unspecified atom stereocenters. The van der Waals surface area contributed by atoms with Crippen LogP contribution in [0.3, 0.4) is 0 Å². The molecular formula is C20H20N2O3S2. The van der Waals surface area contributed by atoms with Crippen LogP contribution in [-0.2, 0) is 10.0 Å². The molecule has 5 nitrogen and oxygen atoms in total. The minimum atomic E-state index is -3.46. The number of piperidine rings is 1. The topological polar surface area (TPSA) is 66.5 Å². The van der Waals surface area contributed by atoms with E-state index in [-0.39, 0.29) is 10.8 Å². The molecule has 2 heterocycles. The lowest BCUT2D eigenvalue weighted by Crippen LogP contribution is -2.35. The summed E-state index contributed by atoms with van der Waals surface area (Å²) in [7, 11) is -3.46. The monoisotopic (exact) mass is 400 g/mol. The second kappa shape index (κ2) is 7.42. The van der Waals surface area contributed by atoms with E-state index in [9.17, 15) is 13.2 Å². The number of carbonyl (C=O) groups excluding carboxylic acids is 1. The van der Waals surface area contributed by atoms with Gasteiger partial charge in [-0.05, 0) is 43.2 Å². The van der Waals surface area contributed by atoms with Gasteiger partial charge in [0.2, 0.25) is 10.0 Å². The first kappa shape index (κ1) is 18.2. The Balaban J connectivity index is 1.51. The smallest absolute Gasteiger partial charge is 0.257 e. The van der Waals surface area contributed by atoms with Gasteiger partial charge in [0.1, 0.15) is 0 Å². The minimum absolute atomic E-state index is 0.195. The van der Waals surface area contributed by atoms with Gasteiger partial charge < -0.3 is 5.32 Å². The fourth-order valence-electron chi connectivity index (χ4n) is 3.32. The van der Waals surface area contributed by atoms with Crippen LogP contribution in [0.4, 0.5) is 5.69 Å². The molecule has 0 radical (unpaired) electrons. The molecule has 3 aromatic rings. The van der Waals surface area contributed by atoms with Crippen LogP contribution in [0.5, 0.6) is 0 Å². The second-order valence-corrected chi connectivity index (χ2v) is 9.44. The lowest BCUT2D eigenvalue weighted by Gasteiger charge is -2.25. The zero-order chi connectivity index (χ0) is 18.9. The standard InChI is InChI=1S/C20H20N2O3S2/c23-20(18-14-26-19-7-3-2-6-17(18)19)21-15-8-10-16(11-9-15)27(24,25)22-12-4-1-5-13-22/h2-3,6-11,14H,1,4-5,12-13H2,(H,21,23). The maximum absolute atomic E-state index is 12.7. The zero-order valence-electron chi connectivity index (χ0n) is 14.7. The Morgan fingerprint density at radius 3 is 2.41 bits per heavy atom. The van der Waals surface area contributed by atoms with Gasteiger partial charge in [-0.25, -0.2) is 8.42 Å². The van der Waals surface area contributed by atoms with E-state index in [1.54, 1.807) is 28.6 Å². The van der Waals surface area contributed by atoms with E-state index in [0.717, 1.165) is 29.3 Å². The molecule has 1 fully saturated rings. The van der Waals surface area contributed by atoms with Crippen molar-refractivity contribution >= 4 is 43.0 Å². The molecule has 0 saturated carbocycles. The lowest BCUT2D eigenvalue weighted by atomic mass is 10.1. The van der Waals surface area contributed by atoms with Crippen molar-refractivity contribution in [3.63, 3.8) is 0 Å². The molecule has 1 aliphatic heterocycles. The molecule has 27 heavy (non-hydrogen) atoms. The summed E-state index contributed by atoms with van der Waals surface area (Å²) in [5.41, 5.74) is 1.20. The second-order valence-electron chi connectivity index (χ2n) is 6.59. The summed E-state index contributed by atoms with van der Waals surface area (Å²) in [5.74, 6) is -0.195. The Morgan fingerprint density at radius 1 is 0.963 bits per heavy atom. The molecule has 4 rings (SSSR count). The highest BCUT2D eigenvalue weighted by Crippen LogP contribution is 2.27. The molecule has 1 aliphatic rings. The summed E-state index contributed by atoms with van der Waals surface area (Å²) < 4.78 is 28.0. The third kappa shape index (κ3) is 3.63. The molecular weight excluding hydrogens is 380 g/mol. The molecule has 140 valence electrons. The summed E-state index contributed by atoms with van der Waals surface area (Å²) in [6, 6.07) is 14.2. The highest BCUT2D eigenvalue weighted by molar-refractivity contribution is 7.89. The highest BCUT2D eigenvalue weighted by atomic mass is 32.2. The molecule has 0 aliphatic carbocycles. The normalized spacial score (nSPS) is 15.7. The number of amides is 1. The van der Waals surface area contributed by atoms with E-state index in [0.29, 0.717) is 24.3 Å². The molecule has 1 aromatic heterocycles. The first-order chi connectivity index (χ1) is 13.1. The van der Waals surface area contributed by atoms with Crippen LogP contribution in [0.2, 0.25) is 0 Å². The van der Waals surface area contributed by atoms with E-state index in [1.165, 1.54) is 11.3 Å². The SMILES string of the molecule is O=C(Nc1ccc(S(=O)(=O)N2CCCCC2)cc1)c1csc2ccccc12. The largest absolute Gasteiger partial charge is 0.322 e. The summed E-state index contributed by atoms with van der Waals surface area (Å²) in [6.45, 7) is 1.15. The lowest BCUT2D eigenvalue weighted by molar-refractivity contribution is 0.102. The van der Waals surface area contributed by atoms with Crippen molar-refractivity contribution in [2.45, 2.75) is 24.2 Å². The molecule has 0 spiro atoms. The maximum Gasteiger partial charge on any atom is 0.257 e. The van der Waals surface area contributed by atoms with Gasteiger partial charge in [0.25, 0.3) is 5.91 Å². The van der Waals surface area contributed by atoms with Gasteiger partial charge in [0.15, 0.2) is 0 Å². The molecule has 7 heteroatoms. The first-order valence-corrected chi connectivity index (χ1v) is 11.3. The molecule has 2 aromatic carbocycles. The average Bonchev–Trinajstić information content (AvgIpc) is 3.13. The van der Waals surface area contributed by atoms with E-state index < -0.39 is 10.0 Å². The average molecular weight is 401 g/mol. The number of anilines is 1. The van der Waals surface area contributed by atoms with Gasteiger partial charge in [-0.3, -0.25) is 4.79 Å². The fourth-order valence-corrected chi connectivity index (χ4v) is 5.77. The van der Waals surface area contributed by atoms with Gasteiger partial charge in [0.05, 0.1) is 10.5 Å². The molecule has 1 amide bonds. The summed E-state index contributed by atoms with van der Waals surface area (Å²) in [4.78, 5) is 12.9. The Morgan fingerprint density at radius 2 is 1.67 bits per heavy atom. The number of carbonyl (C=O) groups is 1. The summed E-state index contributed by atoms with van der Waals surface area (Å²) >= 11 is 1.53. The number of sulfonamides is 1. The predicted octanol–water partition coefficient (Wildman–Crippen LogP) is 4.33. The van der Waals surface area contributed by atoms with Gasteiger partial charge in [0, 0.05) is 34.2 Å².